The number of carbonyl (C=O) groups excluding carboxylic acids is 2. The molecule has 0 radical (unpaired) electrons. The third-order valence-corrected chi connectivity index (χ3v) is 2.78. The van der Waals surface area contributed by atoms with Gasteiger partial charge in [0.25, 0.3) is 0 Å². The van der Waals surface area contributed by atoms with Crippen LogP contribution in [0.2, 0.25) is 0 Å². The summed E-state index contributed by atoms with van der Waals surface area (Å²) in [6.45, 7) is 2.25. The summed E-state index contributed by atoms with van der Waals surface area (Å²) in [6.07, 6.45) is 0. The minimum absolute atomic E-state index is 0.178. The third kappa shape index (κ3) is 3.07. The van der Waals surface area contributed by atoms with Crippen LogP contribution in [0.5, 0.6) is 0 Å². The van der Waals surface area contributed by atoms with Crippen LogP contribution in [-0.2, 0) is 20.9 Å². The molecule has 96 valence electrons. The zero-order chi connectivity index (χ0) is 13.0. The van der Waals surface area contributed by atoms with Crippen LogP contribution in [0, 0.1) is 0 Å². The Morgan fingerprint density at radius 2 is 1.83 bits per heavy atom. The Morgan fingerprint density at radius 3 is 2.56 bits per heavy atom. The monoisotopic (exact) mass is 248 g/mol. The maximum atomic E-state index is 11.6. The highest BCUT2D eigenvalue weighted by Crippen LogP contribution is 2.03. The largest absolute Gasteiger partial charge is 0.374 e. The Bertz CT molecular complexity index is 433. The van der Waals surface area contributed by atoms with Gasteiger partial charge in [-0.3, -0.25) is 9.59 Å². The molecule has 1 fully saturated rings. The maximum Gasteiger partial charge on any atom is 0.245 e. The molecule has 1 heterocycles. The highest BCUT2D eigenvalue weighted by molar-refractivity contribution is 5.96. The van der Waals surface area contributed by atoms with Gasteiger partial charge < -0.3 is 15.4 Å². The van der Waals surface area contributed by atoms with Crippen LogP contribution in [0.15, 0.2) is 30.3 Å². The van der Waals surface area contributed by atoms with Gasteiger partial charge in [0.05, 0.1) is 13.2 Å². The predicted octanol–water partition coefficient (Wildman–Crippen LogP) is 0.206. The van der Waals surface area contributed by atoms with Crippen LogP contribution in [-0.4, -0.2) is 30.5 Å². The van der Waals surface area contributed by atoms with Crippen LogP contribution in [0.25, 0.3) is 0 Å². The van der Waals surface area contributed by atoms with Crippen molar-refractivity contribution in [2.24, 2.45) is 0 Å². The molecule has 2 N–H and O–H groups in total. The van der Waals surface area contributed by atoms with Crippen molar-refractivity contribution in [2.45, 2.75) is 25.6 Å². The molecule has 1 aromatic rings. The molecule has 2 unspecified atom stereocenters. The minimum Gasteiger partial charge on any atom is -0.374 e. The standard InChI is InChI=1S/C13H16N2O3/c1-9-12(16)15-11(13(17)14-9)8-18-7-10-5-3-2-4-6-10/h2-6,9,11H,7-8H2,1H3,(H,14,17)(H,15,16). The van der Waals surface area contributed by atoms with Crippen LogP contribution in [0.4, 0.5) is 0 Å². The summed E-state index contributed by atoms with van der Waals surface area (Å²) in [5.74, 6) is -0.377. The zero-order valence-electron chi connectivity index (χ0n) is 10.2. The molecule has 0 spiro atoms. The molecule has 1 aromatic carbocycles. The zero-order valence-corrected chi connectivity index (χ0v) is 10.2. The van der Waals surface area contributed by atoms with Gasteiger partial charge in [-0.05, 0) is 12.5 Å². The molecule has 5 heteroatoms. The molecule has 18 heavy (non-hydrogen) atoms. The Morgan fingerprint density at radius 1 is 1.11 bits per heavy atom. The van der Waals surface area contributed by atoms with Crippen molar-refractivity contribution >= 4 is 11.8 Å². The van der Waals surface area contributed by atoms with Gasteiger partial charge >= 0.3 is 0 Å². The first-order valence-electron chi connectivity index (χ1n) is 5.89. The van der Waals surface area contributed by atoms with Gasteiger partial charge in [0.1, 0.15) is 12.1 Å². The van der Waals surface area contributed by atoms with Crippen LogP contribution >= 0.6 is 0 Å². The van der Waals surface area contributed by atoms with E-state index in [0.29, 0.717) is 6.61 Å². The second kappa shape index (κ2) is 5.64. The molecule has 2 atom stereocenters. The van der Waals surface area contributed by atoms with E-state index in [1.165, 1.54) is 0 Å². The second-order valence-electron chi connectivity index (χ2n) is 4.29. The fourth-order valence-electron chi connectivity index (χ4n) is 1.73. The van der Waals surface area contributed by atoms with Crippen molar-refractivity contribution in [1.29, 1.82) is 0 Å². The van der Waals surface area contributed by atoms with Crippen molar-refractivity contribution in [3.8, 4) is 0 Å². The number of hydrogen-bond acceptors (Lipinski definition) is 3. The summed E-state index contributed by atoms with van der Waals surface area (Å²) < 4.78 is 5.44. The lowest BCUT2D eigenvalue weighted by Gasteiger charge is -2.27. The summed E-state index contributed by atoms with van der Waals surface area (Å²) in [4.78, 5) is 23.0. The number of benzene rings is 1. The van der Waals surface area contributed by atoms with E-state index in [2.05, 4.69) is 10.6 Å². The number of amides is 2. The number of nitrogens with one attached hydrogen (secondary N) is 2. The molecule has 1 aliphatic rings. The molecule has 2 rings (SSSR count). The highest BCUT2D eigenvalue weighted by Gasteiger charge is 2.30. The van der Waals surface area contributed by atoms with Crippen molar-refractivity contribution in [1.82, 2.24) is 10.6 Å². The lowest BCUT2D eigenvalue weighted by Crippen LogP contribution is -2.62. The molecule has 5 nitrogen and oxygen atoms in total. The molecular weight excluding hydrogens is 232 g/mol. The van der Waals surface area contributed by atoms with E-state index in [-0.39, 0.29) is 18.4 Å². The third-order valence-electron chi connectivity index (χ3n) is 2.78. The fraction of sp³-hybridized carbons (Fsp3) is 0.385. The maximum absolute atomic E-state index is 11.6. The summed E-state index contributed by atoms with van der Waals surface area (Å²) in [5.41, 5.74) is 1.04. The van der Waals surface area contributed by atoms with Crippen LogP contribution < -0.4 is 10.6 Å². The first-order chi connectivity index (χ1) is 8.66. The molecule has 0 saturated carbocycles. The van der Waals surface area contributed by atoms with Crippen molar-refractivity contribution in [2.75, 3.05) is 6.61 Å². The smallest absolute Gasteiger partial charge is 0.245 e. The fourth-order valence-corrected chi connectivity index (χ4v) is 1.73. The predicted molar refractivity (Wildman–Crippen MR) is 65.6 cm³/mol. The molecule has 1 saturated heterocycles. The normalized spacial score (nSPS) is 23.4. The first kappa shape index (κ1) is 12.6. The Balaban J connectivity index is 1.80. The molecule has 0 bridgehead atoms. The van der Waals surface area contributed by atoms with E-state index in [9.17, 15) is 9.59 Å². The quantitative estimate of drug-likeness (QED) is 0.800. The van der Waals surface area contributed by atoms with Crippen molar-refractivity contribution in [3.05, 3.63) is 35.9 Å². The van der Waals surface area contributed by atoms with Gasteiger partial charge in [-0.2, -0.15) is 0 Å². The van der Waals surface area contributed by atoms with E-state index in [0.717, 1.165) is 5.56 Å². The number of ether oxygens (including phenoxy) is 1. The van der Waals surface area contributed by atoms with Gasteiger partial charge in [-0.15, -0.1) is 0 Å². The summed E-state index contributed by atoms with van der Waals surface area (Å²) in [5, 5.41) is 5.22. The van der Waals surface area contributed by atoms with E-state index in [4.69, 9.17) is 4.74 Å². The summed E-state index contributed by atoms with van der Waals surface area (Å²) in [7, 11) is 0. The Hall–Kier alpha value is -1.88. The van der Waals surface area contributed by atoms with Gasteiger partial charge in [-0.25, -0.2) is 0 Å². The molecule has 0 aliphatic carbocycles. The topological polar surface area (TPSA) is 67.4 Å². The van der Waals surface area contributed by atoms with Gasteiger partial charge in [-0.1, -0.05) is 30.3 Å². The van der Waals surface area contributed by atoms with Crippen molar-refractivity contribution in [3.63, 3.8) is 0 Å². The summed E-state index contributed by atoms with van der Waals surface area (Å²) >= 11 is 0. The SMILES string of the molecule is CC1NC(=O)C(COCc2ccccc2)NC1=O. The van der Waals surface area contributed by atoms with Crippen LogP contribution in [0.1, 0.15) is 12.5 Å². The van der Waals surface area contributed by atoms with E-state index >= 15 is 0 Å². The summed E-state index contributed by atoms with van der Waals surface area (Å²) in [6, 6.07) is 8.61. The minimum atomic E-state index is -0.600. The number of piperazine rings is 1. The first-order valence-corrected chi connectivity index (χ1v) is 5.89. The molecular formula is C13H16N2O3. The second-order valence-corrected chi connectivity index (χ2v) is 4.29. The van der Waals surface area contributed by atoms with Gasteiger partial charge in [0, 0.05) is 0 Å². The van der Waals surface area contributed by atoms with Crippen molar-refractivity contribution < 1.29 is 14.3 Å². The lowest BCUT2D eigenvalue weighted by atomic mass is 10.1. The number of hydrogen-bond donors (Lipinski definition) is 2. The number of rotatable bonds is 4. The van der Waals surface area contributed by atoms with Gasteiger partial charge in [0.2, 0.25) is 11.8 Å². The van der Waals surface area contributed by atoms with Crippen LogP contribution in [0.3, 0.4) is 0 Å². The average molecular weight is 248 g/mol. The Kier molecular flexibility index (Phi) is 3.94. The molecule has 1 aliphatic heterocycles. The number of carbonyl (C=O) groups is 2. The van der Waals surface area contributed by atoms with E-state index in [1.54, 1.807) is 6.92 Å². The highest BCUT2D eigenvalue weighted by atomic mass is 16.5. The lowest BCUT2D eigenvalue weighted by molar-refractivity contribution is -0.138. The molecule has 0 aromatic heterocycles. The average Bonchev–Trinajstić information content (AvgIpc) is 2.37. The Labute approximate surface area is 106 Å². The van der Waals surface area contributed by atoms with Gasteiger partial charge in [0.15, 0.2) is 0 Å². The van der Waals surface area contributed by atoms with E-state index in [1.807, 2.05) is 30.3 Å². The van der Waals surface area contributed by atoms with E-state index < -0.39 is 12.1 Å². The molecule has 2 amide bonds.